The summed E-state index contributed by atoms with van der Waals surface area (Å²) in [6.07, 6.45) is 1.60. The molecule has 0 unspecified atom stereocenters. The molecular formula is C17H14N4O3. The quantitative estimate of drug-likeness (QED) is 0.581. The fraction of sp³-hybridized carbons (Fsp3) is 0.118. The number of Topliss-reactive ketones (excluding diaryl/α,β-unsaturated/α-hetero) is 1. The van der Waals surface area contributed by atoms with Gasteiger partial charge in [0, 0.05) is 11.8 Å². The topological polar surface area (TPSA) is 96.4 Å². The van der Waals surface area contributed by atoms with E-state index < -0.39 is 5.97 Å². The van der Waals surface area contributed by atoms with Crippen LogP contribution in [0.15, 0.2) is 52.8 Å². The highest BCUT2D eigenvalue weighted by Gasteiger charge is 2.11. The third-order valence-corrected chi connectivity index (χ3v) is 3.53. The molecule has 0 fully saturated rings. The van der Waals surface area contributed by atoms with Crippen LogP contribution in [0.5, 0.6) is 0 Å². The summed E-state index contributed by atoms with van der Waals surface area (Å²) in [6.45, 7) is 3.26. The van der Waals surface area contributed by atoms with Gasteiger partial charge >= 0.3 is 5.97 Å². The van der Waals surface area contributed by atoms with Gasteiger partial charge < -0.3 is 5.11 Å². The fourth-order valence-corrected chi connectivity index (χ4v) is 2.30. The minimum atomic E-state index is -1.01. The summed E-state index contributed by atoms with van der Waals surface area (Å²) in [4.78, 5) is 26.7. The van der Waals surface area contributed by atoms with Gasteiger partial charge in [-0.05, 0) is 38.1 Å². The first-order valence-corrected chi connectivity index (χ1v) is 7.20. The van der Waals surface area contributed by atoms with Gasteiger partial charge in [0.25, 0.3) is 0 Å². The van der Waals surface area contributed by atoms with Crippen LogP contribution < -0.4 is 0 Å². The average molecular weight is 322 g/mol. The second kappa shape index (κ2) is 6.04. The van der Waals surface area contributed by atoms with Crippen molar-refractivity contribution < 1.29 is 14.7 Å². The van der Waals surface area contributed by atoms with E-state index in [0.29, 0.717) is 28.4 Å². The van der Waals surface area contributed by atoms with Gasteiger partial charge in [-0.15, -0.1) is 10.2 Å². The third-order valence-electron chi connectivity index (χ3n) is 3.53. The van der Waals surface area contributed by atoms with Crippen LogP contribution >= 0.6 is 0 Å². The molecule has 0 atom stereocenters. The molecule has 0 aliphatic rings. The van der Waals surface area contributed by atoms with Crippen LogP contribution in [0.4, 0.5) is 11.5 Å². The van der Waals surface area contributed by atoms with Crippen molar-refractivity contribution in [3.63, 3.8) is 0 Å². The van der Waals surface area contributed by atoms with Gasteiger partial charge in [-0.1, -0.05) is 12.1 Å². The molecule has 24 heavy (non-hydrogen) atoms. The molecule has 0 bridgehead atoms. The van der Waals surface area contributed by atoms with E-state index in [4.69, 9.17) is 5.11 Å². The van der Waals surface area contributed by atoms with Gasteiger partial charge in [-0.3, -0.25) is 9.20 Å². The van der Waals surface area contributed by atoms with Crippen LogP contribution in [-0.2, 0) is 0 Å². The molecule has 2 aromatic heterocycles. The Morgan fingerprint density at radius 1 is 1.12 bits per heavy atom. The number of carboxylic acid groups (broad SMARTS) is 1. The molecule has 3 aromatic rings. The standard InChI is InChI=1S/C17H14N4O3/c1-10-16(20-19-14-5-3-4-12(8-14)11(2)22)21-7-6-13(17(23)24)9-15(21)18-10/h3-9H,1-2H3,(H,23,24). The maximum absolute atomic E-state index is 11.4. The fourth-order valence-electron chi connectivity index (χ4n) is 2.30. The van der Waals surface area contributed by atoms with Crippen LogP contribution in [0.2, 0.25) is 0 Å². The zero-order valence-electron chi connectivity index (χ0n) is 13.1. The number of aromatic carboxylic acids is 1. The molecule has 3 rings (SSSR count). The Morgan fingerprint density at radius 2 is 1.92 bits per heavy atom. The molecule has 0 saturated heterocycles. The van der Waals surface area contributed by atoms with Crippen molar-refractivity contribution in [2.75, 3.05) is 0 Å². The summed E-state index contributed by atoms with van der Waals surface area (Å²) < 4.78 is 1.67. The minimum Gasteiger partial charge on any atom is -0.478 e. The number of hydrogen-bond acceptors (Lipinski definition) is 5. The van der Waals surface area contributed by atoms with E-state index in [1.165, 1.54) is 19.1 Å². The van der Waals surface area contributed by atoms with Crippen molar-refractivity contribution in [1.29, 1.82) is 0 Å². The summed E-state index contributed by atoms with van der Waals surface area (Å²) in [6, 6.07) is 9.82. The second-order valence-corrected chi connectivity index (χ2v) is 5.28. The number of fused-ring (bicyclic) bond motifs is 1. The van der Waals surface area contributed by atoms with Crippen molar-refractivity contribution in [2.24, 2.45) is 10.2 Å². The predicted octanol–water partition coefficient (Wildman–Crippen LogP) is 3.96. The predicted molar refractivity (Wildman–Crippen MR) is 87.5 cm³/mol. The Hall–Kier alpha value is -3.35. The Kier molecular flexibility index (Phi) is 3.91. The van der Waals surface area contributed by atoms with Crippen LogP contribution in [0.25, 0.3) is 5.65 Å². The molecule has 1 N–H and O–H groups in total. The van der Waals surface area contributed by atoms with E-state index in [0.717, 1.165) is 0 Å². The summed E-state index contributed by atoms with van der Waals surface area (Å²) in [5, 5.41) is 17.4. The normalized spacial score (nSPS) is 11.2. The smallest absolute Gasteiger partial charge is 0.335 e. The summed E-state index contributed by atoms with van der Waals surface area (Å²) in [7, 11) is 0. The molecule has 0 saturated carbocycles. The van der Waals surface area contributed by atoms with E-state index in [9.17, 15) is 9.59 Å². The molecule has 7 nitrogen and oxygen atoms in total. The molecule has 1 aromatic carbocycles. The lowest BCUT2D eigenvalue weighted by molar-refractivity contribution is 0.0696. The Balaban J connectivity index is 2.00. The number of carbonyl (C=O) groups excluding carboxylic acids is 1. The molecule has 0 radical (unpaired) electrons. The summed E-state index contributed by atoms with van der Waals surface area (Å²) in [5.41, 5.74) is 2.39. The van der Waals surface area contributed by atoms with Crippen LogP contribution in [0.3, 0.4) is 0 Å². The number of ketones is 1. The van der Waals surface area contributed by atoms with Crippen molar-refractivity contribution >= 4 is 28.9 Å². The maximum atomic E-state index is 11.4. The zero-order chi connectivity index (χ0) is 17.3. The van der Waals surface area contributed by atoms with E-state index in [1.54, 1.807) is 41.8 Å². The van der Waals surface area contributed by atoms with Crippen molar-refractivity contribution in [3.05, 3.63) is 59.4 Å². The molecule has 2 heterocycles. The highest BCUT2D eigenvalue weighted by molar-refractivity contribution is 5.94. The first-order chi connectivity index (χ1) is 11.5. The Morgan fingerprint density at radius 3 is 2.62 bits per heavy atom. The maximum Gasteiger partial charge on any atom is 0.335 e. The highest BCUT2D eigenvalue weighted by atomic mass is 16.4. The van der Waals surface area contributed by atoms with Crippen molar-refractivity contribution in [2.45, 2.75) is 13.8 Å². The number of benzene rings is 1. The van der Waals surface area contributed by atoms with E-state index in [1.807, 2.05) is 0 Å². The number of imidazole rings is 1. The lowest BCUT2D eigenvalue weighted by Gasteiger charge is -1.99. The number of nitrogens with zero attached hydrogens (tertiary/aromatic N) is 4. The Bertz CT molecular complexity index is 989. The number of azo groups is 1. The van der Waals surface area contributed by atoms with Gasteiger partial charge in [-0.2, -0.15) is 0 Å². The zero-order valence-corrected chi connectivity index (χ0v) is 13.1. The lowest BCUT2D eigenvalue weighted by atomic mass is 10.1. The Labute approximate surface area is 137 Å². The number of aryl methyl sites for hydroxylation is 1. The molecule has 120 valence electrons. The average Bonchev–Trinajstić information content (AvgIpc) is 2.87. The van der Waals surface area contributed by atoms with E-state index in [-0.39, 0.29) is 11.3 Å². The molecule has 0 aliphatic carbocycles. The monoisotopic (exact) mass is 322 g/mol. The molecule has 0 aliphatic heterocycles. The van der Waals surface area contributed by atoms with E-state index >= 15 is 0 Å². The van der Waals surface area contributed by atoms with Crippen molar-refractivity contribution in [3.8, 4) is 0 Å². The van der Waals surface area contributed by atoms with Gasteiger partial charge in [-0.25, -0.2) is 9.78 Å². The summed E-state index contributed by atoms with van der Waals surface area (Å²) in [5.74, 6) is -0.545. The molecular weight excluding hydrogens is 308 g/mol. The highest BCUT2D eigenvalue weighted by Crippen LogP contribution is 2.24. The number of pyridine rings is 1. The first kappa shape index (κ1) is 15.5. The number of aromatic nitrogens is 2. The minimum absolute atomic E-state index is 0.0424. The second-order valence-electron chi connectivity index (χ2n) is 5.28. The molecule has 7 heteroatoms. The first-order valence-electron chi connectivity index (χ1n) is 7.20. The van der Waals surface area contributed by atoms with Gasteiger partial charge in [0.15, 0.2) is 11.6 Å². The number of rotatable bonds is 4. The third kappa shape index (κ3) is 2.91. The largest absolute Gasteiger partial charge is 0.478 e. The van der Waals surface area contributed by atoms with Crippen LogP contribution in [-0.4, -0.2) is 26.2 Å². The number of carbonyl (C=O) groups is 2. The van der Waals surface area contributed by atoms with E-state index in [2.05, 4.69) is 15.2 Å². The van der Waals surface area contributed by atoms with Crippen LogP contribution in [0.1, 0.15) is 33.3 Å². The number of hydrogen-bond donors (Lipinski definition) is 1. The lowest BCUT2D eigenvalue weighted by Crippen LogP contribution is -1.97. The van der Waals surface area contributed by atoms with Gasteiger partial charge in [0.05, 0.1) is 16.9 Å². The van der Waals surface area contributed by atoms with Crippen molar-refractivity contribution in [1.82, 2.24) is 9.38 Å². The number of carboxylic acids is 1. The van der Waals surface area contributed by atoms with Gasteiger partial charge in [0.2, 0.25) is 0 Å². The van der Waals surface area contributed by atoms with Crippen LogP contribution in [0, 0.1) is 6.92 Å². The molecule has 0 spiro atoms. The SMILES string of the molecule is CC(=O)c1cccc(N=Nc2c(C)nc3cc(C(=O)O)ccn23)c1. The summed E-state index contributed by atoms with van der Waals surface area (Å²) >= 11 is 0. The van der Waals surface area contributed by atoms with Gasteiger partial charge in [0.1, 0.15) is 5.65 Å². The molecule has 0 amide bonds.